The van der Waals surface area contributed by atoms with E-state index in [1.807, 2.05) is 31.2 Å². The normalized spacial score (nSPS) is 10.1. The number of carboxylic acid groups (broad SMARTS) is 1. The lowest BCUT2D eigenvalue weighted by Crippen LogP contribution is -2.37. The Morgan fingerprint density at radius 2 is 1.89 bits per heavy atom. The first kappa shape index (κ1) is 14.7. The number of carbonyl (C=O) groups excluding carboxylic acids is 1. The Bertz CT molecular complexity index is 417. The van der Waals surface area contributed by atoms with Crippen LogP contribution in [0.25, 0.3) is 0 Å². The largest absolute Gasteiger partial charge is 0.480 e. The highest BCUT2D eigenvalue weighted by atomic mass is 79.9. The first-order valence-corrected chi connectivity index (χ1v) is 6.56. The third-order valence-electron chi connectivity index (χ3n) is 2.44. The summed E-state index contributed by atoms with van der Waals surface area (Å²) in [4.78, 5) is 24.0. The first-order valence-electron chi connectivity index (χ1n) is 5.77. The number of carbonyl (C=O) groups is 2. The van der Waals surface area contributed by atoms with Crippen LogP contribution in [0.2, 0.25) is 0 Å². The van der Waals surface area contributed by atoms with Crippen molar-refractivity contribution in [1.82, 2.24) is 4.90 Å². The Kier molecular flexibility index (Phi) is 5.85. The van der Waals surface area contributed by atoms with Crippen LogP contribution in [0, 0.1) is 0 Å². The summed E-state index contributed by atoms with van der Waals surface area (Å²) in [7, 11) is 0. The highest BCUT2D eigenvalue weighted by molar-refractivity contribution is 9.10. The minimum absolute atomic E-state index is 0.151. The zero-order valence-corrected chi connectivity index (χ0v) is 11.8. The molecular formula is C13H16BrNO3. The van der Waals surface area contributed by atoms with Gasteiger partial charge in [-0.3, -0.25) is 9.59 Å². The van der Waals surface area contributed by atoms with Crippen LogP contribution in [0.5, 0.6) is 0 Å². The Morgan fingerprint density at radius 3 is 2.39 bits per heavy atom. The summed E-state index contributed by atoms with van der Waals surface area (Å²) >= 11 is 3.33. The molecule has 0 atom stereocenters. The summed E-state index contributed by atoms with van der Waals surface area (Å²) in [6.07, 6.45) is 0.986. The third-order valence-corrected chi connectivity index (χ3v) is 2.97. The minimum Gasteiger partial charge on any atom is -0.480 e. The monoisotopic (exact) mass is 313 g/mol. The first-order chi connectivity index (χ1) is 8.52. The van der Waals surface area contributed by atoms with Crippen LogP contribution in [0.3, 0.4) is 0 Å². The van der Waals surface area contributed by atoms with Crippen LogP contribution in [-0.4, -0.2) is 35.0 Å². The van der Waals surface area contributed by atoms with Gasteiger partial charge < -0.3 is 10.0 Å². The molecule has 0 spiro atoms. The second-order valence-corrected chi connectivity index (χ2v) is 4.93. The van der Waals surface area contributed by atoms with Crippen molar-refractivity contribution in [3.63, 3.8) is 0 Å². The van der Waals surface area contributed by atoms with Gasteiger partial charge in [0.25, 0.3) is 0 Å². The van der Waals surface area contributed by atoms with E-state index < -0.39 is 5.97 Å². The predicted octanol–water partition coefficient (Wildman–Crippen LogP) is 2.31. The van der Waals surface area contributed by atoms with Gasteiger partial charge in [0.1, 0.15) is 6.54 Å². The van der Waals surface area contributed by atoms with Gasteiger partial charge in [-0.05, 0) is 24.1 Å². The summed E-state index contributed by atoms with van der Waals surface area (Å²) in [6, 6.07) is 7.44. The van der Waals surface area contributed by atoms with Crippen molar-refractivity contribution >= 4 is 27.8 Å². The van der Waals surface area contributed by atoms with E-state index in [2.05, 4.69) is 15.9 Å². The maximum absolute atomic E-state index is 12.0. The standard InChI is InChI=1S/C13H16BrNO3/c1-2-7-15(9-13(17)18)12(16)8-10-3-5-11(14)6-4-10/h3-6H,2,7-9H2,1H3,(H,17,18). The molecule has 0 saturated carbocycles. The molecule has 1 aromatic rings. The third kappa shape index (κ3) is 4.87. The Hall–Kier alpha value is -1.36. The van der Waals surface area contributed by atoms with Crippen molar-refractivity contribution in [1.29, 1.82) is 0 Å². The van der Waals surface area contributed by atoms with Crippen molar-refractivity contribution in [2.75, 3.05) is 13.1 Å². The Balaban J connectivity index is 2.65. The molecule has 18 heavy (non-hydrogen) atoms. The van der Waals surface area contributed by atoms with Gasteiger partial charge in [0.2, 0.25) is 5.91 Å². The fourth-order valence-electron chi connectivity index (χ4n) is 1.61. The molecule has 0 saturated heterocycles. The van der Waals surface area contributed by atoms with Gasteiger partial charge in [-0.15, -0.1) is 0 Å². The lowest BCUT2D eigenvalue weighted by Gasteiger charge is -2.19. The molecule has 1 N–H and O–H groups in total. The number of hydrogen-bond acceptors (Lipinski definition) is 2. The van der Waals surface area contributed by atoms with E-state index in [1.165, 1.54) is 4.90 Å². The van der Waals surface area contributed by atoms with E-state index in [0.717, 1.165) is 16.5 Å². The highest BCUT2D eigenvalue weighted by Crippen LogP contribution is 2.11. The minimum atomic E-state index is -0.979. The highest BCUT2D eigenvalue weighted by Gasteiger charge is 2.15. The fraction of sp³-hybridized carbons (Fsp3) is 0.385. The summed E-state index contributed by atoms with van der Waals surface area (Å²) in [5.41, 5.74) is 0.884. The van der Waals surface area contributed by atoms with E-state index in [1.54, 1.807) is 0 Å². The smallest absolute Gasteiger partial charge is 0.323 e. The maximum atomic E-state index is 12.0. The van der Waals surface area contributed by atoms with Crippen LogP contribution in [0.15, 0.2) is 28.7 Å². The molecule has 0 unspecified atom stereocenters. The fourth-order valence-corrected chi connectivity index (χ4v) is 1.88. The average molecular weight is 314 g/mol. The SMILES string of the molecule is CCCN(CC(=O)O)C(=O)Cc1ccc(Br)cc1. The van der Waals surface area contributed by atoms with E-state index in [4.69, 9.17) is 5.11 Å². The summed E-state index contributed by atoms with van der Waals surface area (Å²) in [5.74, 6) is -1.13. The lowest BCUT2D eigenvalue weighted by molar-refractivity contribution is -0.144. The van der Waals surface area contributed by atoms with Crippen molar-refractivity contribution in [2.24, 2.45) is 0 Å². The van der Waals surface area contributed by atoms with Gasteiger partial charge in [-0.1, -0.05) is 35.0 Å². The van der Waals surface area contributed by atoms with Gasteiger partial charge in [0, 0.05) is 11.0 Å². The molecule has 5 heteroatoms. The number of amides is 1. The number of nitrogens with zero attached hydrogens (tertiary/aromatic N) is 1. The molecule has 0 bridgehead atoms. The predicted molar refractivity (Wildman–Crippen MR) is 72.4 cm³/mol. The average Bonchev–Trinajstić information content (AvgIpc) is 2.31. The van der Waals surface area contributed by atoms with Crippen LogP contribution < -0.4 is 0 Å². The van der Waals surface area contributed by atoms with Gasteiger partial charge in [-0.25, -0.2) is 0 Å². The Morgan fingerprint density at radius 1 is 1.28 bits per heavy atom. The van der Waals surface area contributed by atoms with Crippen molar-refractivity contribution < 1.29 is 14.7 Å². The van der Waals surface area contributed by atoms with Crippen LogP contribution in [0.4, 0.5) is 0 Å². The number of benzene rings is 1. The van der Waals surface area contributed by atoms with E-state index in [9.17, 15) is 9.59 Å². The summed E-state index contributed by atoms with van der Waals surface area (Å²) in [6.45, 7) is 2.16. The molecule has 0 aliphatic heterocycles. The zero-order chi connectivity index (χ0) is 13.5. The van der Waals surface area contributed by atoms with Gasteiger partial charge in [0.15, 0.2) is 0 Å². The van der Waals surface area contributed by atoms with Crippen molar-refractivity contribution in [3.05, 3.63) is 34.3 Å². The number of halogens is 1. The maximum Gasteiger partial charge on any atom is 0.323 e. The molecular weight excluding hydrogens is 298 g/mol. The zero-order valence-electron chi connectivity index (χ0n) is 10.2. The molecule has 0 fully saturated rings. The van der Waals surface area contributed by atoms with Crippen LogP contribution in [-0.2, 0) is 16.0 Å². The van der Waals surface area contributed by atoms with Crippen molar-refractivity contribution in [2.45, 2.75) is 19.8 Å². The quantitative estimate of drug-likeness (QED) is 0.876. The van der Waals surface area contributed by atoms with Crippen molar-refractivity contribution in [3.8, 4) is 0 Å². The Labute approximate surface area is 115 Å². The molecule has 0 heterocycles. The molecule has 0 aromatic heterocycles. The second-order valence-electron chi connectivity index (χ2n) is 4.01. The summed E-state index contributed by atoms with van der Waals surface area (Å²) < 4.78 is 0.953. The van der Waals surface area contributed by atoms with Gasteiger partial charge in [0.05, 0.1) is 6.42 Å². The molecule has 0 aliphatic rings. The molecule has 1 rings (SSSR count). The van der Waals surface area contributed by atoms with Gasteiger partial charge >= 0.3 is 5.97 Å². The molecule has 98 valence electrons. The number of carboxylic acids is 1. The molecule has 4 nitrogen and oxygen atoms in total. The van der Waals surface area contributed by atoms with E-state index in [0.29, 0.717) is 6.54 Å². The lowest BCUT2D eigenvalue weighted by atomic mass is 10.1. The topological polar surface area (TPSA) is 57.6 Å². The van der Waals surface area contributed by atoms with Crippen LogP contribution in [0.1, 0.15) is 18.9 Å². The van der Waals surface area contributed by atoms with Gasteiger partial charge in [-0.2, -0.15) is 0 Å². The number of rotatable bonds is 6. The van der Waals surface area contributed by atoms with Crippen LogP contribution >= 0.6 is 15.9 Å². The molecule has 0 radical (unpaired) electrons. The van der Waals surface area contributed by atoms with E-state index >= 15 is 0 Å². The summed E-state index contributed by atoms with van der Waals surface area (Å²) in [5, 5.41) is 8.76. The molecule has 1 amide bonds. The second kappa shape index (κ2) is 7.16. The number of hydrogen-bond donors (Lipinski definition) is 1. The number of aliphatic carboxylic acids is 1. The van der Waals surface area contributed by atoms with E-state index in [-0.39, 0.29) is 18.9 Å². The molecule has 0 aliphatic carbocycles. The molecule has 1 aromatic carbocycles.